The largest absolute Gasteiger partial charge is 0.410 e. The number of benzene rings is 2. The van der Waals surface area contributed by atoms with Gasteiger partial charge in [-0.1, -0.05) is 65.3 Å². The Morgan fingerprint density at radius 1 is 1.11 bits per heavy atom. The lowest BCUT2D eigenvalue weighted by atomic mass is 10.2. The average molecular weight is 436 g/mol. The summed E-state index contributed by atoms with van der Waals surface area (Å²) in [6.07, 6.45) is 0. The van der Waals surface area contributed by atoms with Gasteiger partial charge in [-0.25, -0.2) is 0 Å². The number of fused-ring (bicyclic) bond motifs is 1. The van der Waals surface area contributed by atoms with Crippen LogP contribution in [0.5, 0.6) is 0 Å². The van der Waals surface area contributed by atoms with Crippen LogP contribution in [0.3, 0.4) is 0 Å². The molecule has 0 bridgehead atoms. The van der Waals surface area contributed by atoms with Crippen molar-refractivity contribution < 1.29 is 9.21 Å². The fourth-order valence-electron chi connectivity index (χ4n) is 2.39. The first-order chi connectivity index (χ1) is 13.1. The number of hydrogen-bond acceptors (Lipinski definition) is 6. The van der Waals surface area contributed by atoms with Gasteiger partial charge in [0.1, 0.15) is 4.88 Å². The van der Waals surface area contributed by atoms with E-state index in [1.54, 1.807) is 24.3 Å². The van der Waals surface area contributed by atoms with E-state index >= 15 is 0 Å². The van der Waals surface area contributed by atoms with Crippen LogP contribution in [0.2, 0.25) is 10.0 Å². The summed E-state index contributed by atoms with van der Waals surface area (Å²) < 4.78 is 6.71. The molecular formula is C18H11Cl2N3O2S2. The number of carbonyl (C=O) groups is 1. The molecule has 0 saturated heterocycles. The minimum atomic E-state index is -0.215. The first kappa shape index (κ1) is 18.3. The number of nitrogens with zero attached hydrogens (tertiary/aromatic N) is 2. The van der Waals surface area contributed by atoms with Crippen LogP contribution in [0, 0.1) is 0 Å². The minimum Gasteiger partial charge on any atom is -0.410 e. The highest BCUT2D eigenvalue weighted by molar-refractivity contribution is 7.99. The third-order valence-electron chi connectivity index (χ3n) is 3.61. The lowest BCUT2D eigenvalue weighted by Crippen LogP contribution is -2.14. The number of rotatable bonds is 5. The SMILES string of the molecule is O=C(CSc1nnc(-c2sc3ccccc3c2Cl)o1)Nc1ccccc1Cl. The second kappa shape index (κ2) is 7.90. The number of nitrogens with one attached hydrogen (secondary N) is 1. The van der Waals surface area contributed by atoms with Gasteiger partial charge in [-0.3, -0.25) is 4.79 Å². The van der Waals surface area contributed by atoms with Crippen LogP contribution in [0.25, 0.3) is 20.9 Å². The summed E-state index contributed by atoms with van der Waals surface area (Å²) in [6, 6.07) is 14.9. The Bertz CT molecular complexity index is 1130. The molecule has 0 fully saturated rings. The van der Waals surface area contributed by atoms with Crippen LogP contribution >= 0.6 is 46.3 Å². The number of amides is 1. The number of thioether (sulfide) groups is 1. The first-order valence-electron chi connectivity index (χ1n) is 7.80. The predicted molar refractivity (Wildman–Crippen MR) is 111 cm³/mol. The van der Waals surface area contributed by atoms with Gasteiger partial charge < -0.3 is 9.73 Å². The minimum absolute atomic E-state index is 0.118. The molecule has 1 N–H and O–H groups in total. The lowest BCUT2D eigenvalue weighted by molar-refractivity contribution is -0.113. The normalized spacial score (nSPS) is 11.0. The van der Waals surface area contributed by atoms with Crippen molar-refractivity contribution in [3.63, 3.8) is 0 Å². The van der Waals surface area contributed by atoms with E-state index in [0.29, 0.717) is 26.8 Å². The zero-order valence-electron chi connectivity index (χ0n) is 13.6. The van der Waals surface area contributed by atoms with Gasteiger partial charge in [0.15, 0.2) is 0 Å². The van der Waals surface area contributed by atoms with E-state index in [2.05, 4.69) is 15.5 Å². The molecule has 27 heavy (non-hydrogen) atoms. The molecule has 2 heterocycles. The molecule has 0 aliphatic heterocycles. The number of aromatic nitrogens is 2. The number of thiophene rings is 1. The molecule has 5 nitrogen and oxygen atoms in total. The molecule has 136 valence electrons. The van der Waals surface area contributed by atoms with Crippen molar-refractivity contribution in [2.24, 2.45) is 0 Å². The fourth-order valence-corrected chi connectivity index (χ4v) is 4.57. The van der Waals surface area contributed by atoms with Crippen molar-refractivity contribution in [3.8, 4) is 10.8 Å². The second-order valence-corrected chi connectivity index (χ2v) is 8.20. The molecule has 0 atom stereocenters. The standard InChI is InChI=1S/C18H11Cl2N3O2S2/c19-11-6-2-3-7-12(11)21-14(24)9-26-18-23-22-17(25-18)16-15(20)10-5-1-4-8-13(10)27-16/h1-8H,9H2,(H,21,24). The Hall–Kier alpha value is -2.06. The maximum Gasteiger partial charge on any atom is 0.277 e. The number of carbonyl (C=O) groups excluding carboxylic acids is 1. The third-order valence-corrected chi connectivity index (χ3v) is 6.42. The summed E-state index contributed by atoms with van der Waals surface area (Å²) in [6.45, 7) is 0. The smallest absolute Gasteiger partial charge is 0.277 e. The second-order valence-electron chi connectivity index (χ2n) is 5.43. The van der Waals surface area contributed by atoms with Crippen LogP contribution in [0.15, 0.2) is 58.2 Å². The molecule has 0 aliphatic carbocycles. The Balaban J connectivity index is 1.44. The van der Waals surface area contributed by atoms with Gasteiger partial charge in [0.05, 0.1) is 21.5 Å². The summed E-state index contributed by atoms with van der Waals surface area (Å²) in [5, 5.41) is 13.1. The zero-order valence-corrected chi connectivity index (χ0v) is 16.8. The molecule has 0 radical (unpaired) electrons. The average Bonchev–Trinajstić information content (AvgIpc) is 3.27. The van der Waals surface area contributed by atoms with Gasteiger partial charge in [0, 0.05) is 10.1 Å². The van der Waals surface area contributed by atoms with Gasteiger partial charge in [-0.05, 0) is 18.2 Å². The third kappa shape index (κ3) is 3.96. The highest BCUT2D eigenvalue weighted by Gasteiger charge is 2.18. The molecule has 1 amide bonds. The van der Waals surface area contributed by atoms with Gasteiger partial charge in [0.2, 0.25) is 5.91 Å². The predicted octanol–water partition coefficient (Wildman–Crippen LogP) is 5.99. The van der Waals surface area contributed by atoms with Crippen LogP contribution < -0.4 is 5.32 Å². The monoisotopic (exact) mass is 435 g/mol. The van der Waals surface area contributed by atoms with Crippen molar-refractivity contribution in [1.29, 1.82) is 0 Å². The molecule has 0 saturated carbocycles. The van der Waals surface area contributed by atoms with E-state index in [1.807, 2.05) is 24.3 Å². The summed E-state index contributed by atoms with van der Waals surface area (Å²) in [5.74, 6) is 0.246. The molecule has 2 aromatic carbocycles. The van der Waals surface area contributed by atoms with E-state index in [4.69, 9.17) is 27.6 Å². The van der Waals surface area contributed by atoms with Crippen molar-refractivity contribution in [3.05, 3.63) is 58.6 Å². The van der Waals surface area contributed by atoms with Crippen molar-refractivity contribution in [1.82, 2.24) is 10.2 Å². The lowest BCUT2D eigenvalue weighted by Gasteiger charge is -2.05. The van der Waals surface area contributed by atoms with Crippen molar-refractivity contribution in [2.45, 2.75) is 5.22 Å². The van der Waals surface area contributed by atoms with Crippen molar-refractivity contribution in [2.75, 3.05) is 11.1 Å². The van der Waals surface area contributed by atoms with Crippen LogP contribution in [0.1, 0.15) is 0 Å². The Kier molecular flexibility index (Phi) is 5.36. The van der Waals surface area contributed by atoms with Crippen LogP contribution in [-0.2, 0) is 4.79 Å². The van der Waals surface area contributed by atoms with Crippen LogP contribution in [-0.4, -0.2) is 21.9 Å². The molecule has 2 aromatic heterocycles. The number of anilines is 1. The molecule has 9 heteroatoms. The van der Waals surface area contributed by atoms with E-state index in [0.717, 1.165) is 26.7 Å². The summed E-state index contributed by atoms with van der Waals surface area (Å²) in [5.41, 5.74) is 0.563. The maximum absolute atomic E-state index is 12.1. The van der Waals surface area contributed by atoms with Gasteiger partial charge in [-0.15, -0.1) is 21.5 Å². The van der Waals surface area contributed by atoms with Gasteiger partial charge >= 0.3 is 0 Å². The van der Waals surface area contributed by atoms with E-state index in [-0.39, 0.29) is 11.7 Å². The molecule has 4 rings (SSSR count). The zero-order chi connectivity index (χ0) is 18.8. The maximum atomic E-state index is 12.1. The molecule has 0 spiro atoms. The Morgan fingerprint density at radius 2 is 1.89 bits per heavy atom. The Morgan fingerprint density at radius 3 is 2.70 bits per heavy atom. The first-order valence-corrected chi connectivity index (χ1v) is 10.4. The van der Waals surface area contributed by atoms with Gasteiger partial charge in [-0.2, -0.15) is 0 Å². The number of para-hydroxylation sites is 1. The molecule has 0 aliphatic rings. The molecular weight excluding hydrogens is 425 g/mol. The van der Waals surface area contributed by atoms with Gasteiger partial charge in [0.25, 0.3) is 11.1 Å². The number of hydrogen-bond donors (Lipinski definition) is 1. The van der Waals surface area contributed by atoms with Crippen molar-refractivity contribution >= 4 is 68.0 Å². The highest BCUT2D eigenvalue weighted by Crippen LogP contribution is 2.41. The van der Waals surface area contributed by atoms with E-state index in [9.17, 15) is 4.79 Å². The summed E-state index contributed by atoms with van der Waals surface area (Å²) in [7, 11) is 0. The quantitative estimate of drug-likeness (QED) is 0.389. The summed E-state index contributed by atoms with van der Waals surface area (Å²) >= 11 is 15.1. The number of halogens is 2. The van der Waals surface area contributed by atoms with E-state index < -0.39 is 0 Å². The van der Waals surface area contributed by atoms with E-state index in [1.165, 1.54) is 11.3 Å². The molecule has 0 unspecified atom stereocenters. The highest BCUT2D eigenvalue weighted by atomic mass is 35.5. The molecule has 4 aromatic rings. The van der Waals surface area contributed by atoms with Crippen LogP contribution in [0.4, 0.5) is 5.69 Å². The fraction of sp³-hybridized carbons (Fsp3) is 0.0556. The Labute approximate surface area is 172 Å². The summed E-state index contributed by atoms with van der Waals surface area (Å²) in [4.78, 5) is 12.8. The topological polar surface area (TPSA) is 68.0 Å².